The number of rotatable bonds is 4. The van der Waals surface area contributed by atoms with Crippen molar-refractivity contribution in [1.29, 1.82) is 0 Å². The molecule has 0 spiro atoms. The first-order valence-corrected chi connectivity index (χ1v) is 6.61. The second kappa shape index (κ2) is 5.49. The third-order valence-corrected chi connectivity index (χ3v) is 3.79. The molecule has 1 unspecified atom stereocenters. The summed E-state index contributed by atoms with van der Waals surface area (Å²) in [7, 11) is 2.04. The van der Waals surface area contributed by atoms with Crippen LogP contribution in [0.1, 0.15) is 48.8 Å². The minimum absolute atomic E-state index is 0.678. The SMILES string of the molecule is CCC(CNC)c1ccc2c(c1)CCCC2. The van der Waals surface area contributed by atoms with E-state index in [4.69, 9.17) is 0 Å². The molecule has 1 atom stereocenters. The summed E-state index contributed by atoms with van der Waals surface area (Å²) in [6.45, 7) is 3.37. The zero-order valence-corrected chi connectivity index (χ0v) is 10.6. The van der Waals surface area contributed by atoms with Gasteiger partial charge >= 0.3 is 0 Å². The van der Waals surface area contributed by atoms with Crippen LogP contribution in [-0.4, -0.2) is 13.6 Å². The largest absolute Gasteiger partial charge is 0.319 e. The molecule has 0 saturated carbocycles. The van der Waals surface area contributed by atoms with E-state index in [2.05, 4.69) is 30.4 Å². The summed E-state index contributed by atoms with van der Waals surface area (Å²) in [5.74, 6) is 0.678. The number of fused-ring (bicyclic) bond motifs is 1. The molecule has 1 aromatic carbocycles. The topological polar surface area (TPSA) is 12.0 Å². The van der Waals surface area contributed by atoms with E-state index in [1.54, 1.807) is 11.1 Å². The van der Waals surface area contributed by atoms with E-state index in [9.17, 15) is 0 Å². The Labute approximate surface area is 99.3 Å². The molecule has 0 bridgehead atoms. The molecule has 0 saturated heterocycles. The summed E-state index contributed by atoms with van der Waals surface area (Å²) in [6, 6.07) is 7.16. The van der Waals surface area contributed by atoms with Gasteiger partial charge in [-0.2, -0.15) is 0 Å². The van der Waals surface area contributed by atoms with E-state index in [1.165, 1.54) is 37.7 Å². The van der Waals surface area contributed by atoms with Gasteiger partial charge in [-0.1, -0.05) is 25.1 Å². The second-order valence-electron chi connectivity index (χ2n) is 4.90. The Hall–Kier alpha value is -0.820. The molecule has 0 aromatic heterocycles. The van der Waals surface area contributed by atoms with Crippen molar-refractivity contribution < 1.29 is 0 Å². The third-order valence-electron chi connectivity index (χ3n) is 3.79. The van der Waals surface area contributed by atoms with Gasteiger partial charge in [0.15, 0.2) is 0 Å². The maximum Gasteiger partial charge on any atom is 0.00170 e. The van der Waals surface area contributed by atoms with Gasteiger partial charge < -0.3 is 5.32 Å². The summed E-state index contributed by atoms with van der Waals surface area (Å²) >= 11 is 0. The van der Waals surface area contributed by atoms with Crippen LogP contribution in [0.3, 0.4) is 0 Å². The first-order chi connectivity index (χ1) is 7.85. The molecule has 0 fully saturated rings. The number of nitrogens with one attached hydrogen (secondary N) is 1. The maximum atomic E-state index is 3.30. The fraction of sp³-hybridized carbons (Fsp3) is 0.600. The van der Waals surface area contributed by atoms with Crippen LogP contribution in [0.5, 0.6) is 0 Å². The predicted octanol–water partition coefficient (Wildman–Crippen LogP) is 3.28. The Morgan fingerprint density at radius 2 is 1.94 bits per heavy atom. The lowest BCUT2D eigenvalue weighted by Gasteiger charge is -2.20. The lowest BCUT2D eigenvalue weighted by molar-refractivity contribution is 0.608. The van der Waals surface area contributed by atoms with Crippen LogP contribution < -0.4 is 5.32 Å². The predicted molar refractivity (Wildman–Crippen MR) is 70.0 cm³/mol. The first-order valence-electron chi connectivity index (χ1n) is 6.61. The molecule has 1 nitrogen and oxygen atoms in total. The standard InChI is InChI=1S/C15H23N/c1-3-12(11-16-2)15-9-8-13-6-4-5-7-14(13)10-15/h8-10,12,16H,3-7,11H2,1-2H3. The van der Waals surface area contributed by atoms with Gasteiger partial charge in [-0.05, 0) is 61.8 Å². The lowest BCUT2D eigenvalue weighted by atomic mass is 9.87. The summed E-state index contributed by atoms with van der Waals surface area (Å²) in [5, 5.41) is 3.30. The van der Waals surface area contributed by atoms with E-state index in [-0.39, 0.29) is 0 Å². The highest BCUT2D eigenvalue weighted by Gasteiger charge is 2.13. The molecule has 16 heavy (non-hydrogen) atoms. The molecule has 1 aliphatic carbocycles. The van der Waals surface area contributed by atoms with Crippen LogP contribution in [0.15, 0.2) is 18.2 Å². The van der Waals surface area contributed by atoms with Crippen LogP contribution in [0.2, 0.25) is 0 Å². The number of hydrogen-bond acceptors (Lipinski definition) is 1. The Morgan fingerprint density at radius 3 is 2.62 bits per heavy atom. The molecule has 1 aliphatic rings. The van der Waals surface area contributed by atoms with Crippen molar-refractivity contribution in [2.75, 3.05) is 13.6 Å². The van der Waals surface area contributed by atoms with Gasteiger partial charge in [0, 0.05) is 6.54 Å². The van der Waals surface area contributed by atoms with Gasteiger partial charge in [-0.25, -0.2) is 0 Å². The fourth-order valence-electron chi connectivity index (χ4n) is 2.75. The zero-order chi connectivity index (χ0) is 11.4. The zero-order valence-electron chi connectivity index (χ0n) is 10.6. The average molecular weight is 217 g/mol. The summed E-state index contributed by atoms with van der Waals surface area (Å²) in [4.78, 5) is 0. The van der Waals surface area contributed by atoms with Gasteiger partial charge in [-0.3, -0.25) is 0 Å². The molecule has 88 valence electrons. The van der Waals surface area contributed by atoms with Gasteiger partial charge in [0.2, 0.25) is 0 Å². The Kier molecular flexibility index (Phi) is 4.00. The van der Waals surface area contributed by atoms with Crippen molar-refractivity contribution >= 4 is 0 Å². The highest BCUT2D eigenvalue weighted by Crippen LogP contribution is 2.26. The van der Waals surface area contributed by atoms with Crippen molar-refractivity contribution in [3.63, 3.8) is 0 Å². The van der Waals surface area contributed by atoms with Gasteiger partial charge in [0.1, 0.15) is 0 Å². The van der Waals surface area contributed by atoms with Crippen LogP contribution in [0.25, 0.3) is 0 Å². The molecule has 2 rings (SSSR count). The fourth-order valence-corrected chi connectivity index (χ4v) is 2.75. The maximum absolute atomic E-state index is 3.30. The van der Waals surface area contributed by atoms with Gasteiger partial charge in [0.25, 0.3) is 0 Å². The number of hydrogen-bond donors (Lipinski definition) is 1. The molecule has 0 heterocycles. The summed E-state index contributed by atoms with van der Waals surface area (Å²) in [6.07, 6.45) is 6.55. The molecule has 0 aliphatic heterocycles. The second-order valence-corrected chi connectivity index (χ2v) is 4.90. The third kappa shape index (κ3) is 2.46. The number of aryl methyl sites for hydroxylation is 2. The van der Waals surface area contributed by atoms with Crippen LogP contribution >= 0.6 is 0 Å². The van der Waals surface area contributed by atoms with E-state index >= 15 is 0 Å². The van der Waals surface area contributed by atoms with Gasteiger partial charge in [-0.15, -0.1) is 0 Å². The number of benzene rings is 1. The Balaban J connectivity index is 2.21. The minimum Gasteiger partial charge on any atom is -0.319 e. The molecule has 1 N–H and O–H groups in total. The van der Waals surface area contributed by atoms with Crippen LogP contribution in [0.4, 0.5) is 0 Å². The van der Waals surface area contributed by atoms with E-state index in [0.29, 0.717) is 5.92 Å². The van der Waals surface area contributed by atoms with Crippen molar-refractivity contribution in [3.05, 3.63) is 34.9 Å². The van der Waals surface area contributed by atoms with Crippen molar-refractivity contribution in [3.8, 4) is 0 Å². The lowest BCUT2D eigenvalue weighted by Crippen LogP contribution is -2.17. The van der Waals surface area contributed by atoms with E-state index < -0.39 is 0 Å². The van der Waals surface area contributed by atoms with Crippen LogP contribution in [0, 0.1) is 0 Å². The highest BCUT2D eigenvalue weighted by molar-refractivity contribution is 5.35. The Morgan fingerprint density at radius 1 is 1.19 bits per heavy atom. The van der Waals surface area contributed by atoms with Crippen molar-refractivity contribution in [2.45, 2.75) is 44.9 Å². The molecule has 0 radical (unpaired) electrons. The van der Waals surface area contributed by atoms with Gasteiger partial charge in [0.05, 0.1) is 0 Å². The first kappa shape index (κ1) is 11.7. The van der Waals surface area contributed by atoms with E-state index in [0.717, 1.165) is 6.54 Å². The van der Waals surface area contributed by atoms with E-state index in [1.807, 2.05) is 7.05 Å². The molecule has 0 amide bonds. The quantitative estimate of drug-likeness (QED) is 0.816. The minimum atomic E-state index is 0.678. The molecular formula is C15H23N. The number of likely N-dealkylation sites (N-methyl/N-ethyl adjacent to an activating group) is 1. The monoisotopic (exact) mass is 217 g/mol. The molecule has 1 aromatic rings. The Bertz CT molecular complexity index is 343. The summed E-state index contributed by atoms with van der Waals surface area (Å²) in [5.41, 5.74) is 4.73. The highest BCUT2D eigenvalue weighted by atomic mass is 14.8. The summed E-state index contributed by atoms with van der Waals surface area (Å²) < 4.78 is 0. The smallest absolute Gasteiger partial charge is 0.00170 e. The normalized spacial score (nSPS) is 16.9. The van der Waals surface area contributed by atoms with Crippen molar-refractivity contribution in [2.24, 2.45) is 0 Å². The molecular weight excluding hydrogens is 194 g/mol. The average Bonchev–Trinajstić information content (AvgIpc) is 2.35. The molecule has 1 heteroatoms. The van der Waals surface area contributed by atoms with Crippen molar-refractivity contribution in [1.82, 2.24) is 5.32 Å². The van der Waals surface area contributed by atoms with Crippen LogP contribution in [-0.2, 0) is 12.8 Å².